The summed E-state index contributed by atoms with van der Waals surface area (Å²) in [6.45, 7) is 0.753. The molecule has 0 spiro atoms. The number of carbonyl (C=O) groups is 2. The van der Waals surface area contributed by atoms with Gasteiger partial charge in [0, 0.05) is 43.4 Å². The highest BCUT2D eigenvalue weighted by Gasteiger charge is 2.40. The topological polar surface area (TPSA) is 70.5 Å². The lowest BCUT2D eigenvalue weighted by Crippen LogP contribution is -2.30. The molecule has 0 saturated carbocycles. The van der Waals surface area contributed by atoms with E-state index in [-0.39, 0.29) is 18.4 Å². The Bertz CT molecular complexity index is 672. The fraction of sp³-hybridized carbons (Fsp3) is 0.353. The van der Waals surface area contributed by atoms with Crippen molar-refractivity contribution in [2.45, 2.75) is 18.8 Å². The van der Waals surface area contributed by atoms with Gasteiger partial charge in [-0.2, -0.15) is 0 Å². The van der Waals surface area contributed by atoms with E-state index in [2.05, 4.69) is 4.98 Å². The van der Waals surface area contributed by atoms with Gasteiger partial charge in [-0.15, -0.1) is 11.3 Å². The second kappa shape index (κ2) is 6.91. The van der Waals surface area contributed by atoms with E-state index in [1.807, 2.05) is 35.7 Å². The van der Waals surface area contributed by atoms with Gasteiger partial charge >= 0.3 is 5.97 Å². The number of carboxylic acid groups (broad SMARTS) is 1. The Morgan fingerprint density at radius 3 is 2.70 bits per heavy atom. The Morgan fingerprint density at radius 1 is 1.26 bits per heavy atom. The highest BCUT2D eigenvalue weighted by atomic mass is 32.1. The Labute approximate surface area is 138 Å². The van der Waals surface area contributed by atoms with Crippen LogP contribution in [0.25, 0.3) is 0 Å². The van der Waals surface area contributed by atoms with E-state index in [4.69, 9.17) is 0 Å². The molecule has 0 radical (unpaired) electrons. The van der Waals surface area contributed by atoms with Gasteiger partial charge in [-0.05, 0) is 5.56 Å². The molecule has 1 aliphatic rings. The maximum absolute atomic E-state index is 12.4. The molecule has 2 heterocycles. The lowest BCUT2D eigenvalue weighted by atomic mass is 9.89. The molecule has 0 bridgehead atoms. The molecule has 1 saturated heterocycles. The fourth-order valence-electron chi connectivity index (χ4n) is 3.04. The van der Waals surface area contributed by atoms with Gasteiger partial charge in [0.05, 0.1) is 10.9 Å². The van der Waals surface area contributed by atoms with Crippen LogP contribution < -0.4 is 0 Å². The molecular weight excluding hydrogens is 312 g/mol. The number of benzene rings is 1. The summed E-state index contributed by atoms with van der Waals surface area (Å²) < 4.78 is 0. The molecule has 5 nitrogen and oxygen atoms in total. The average molecular weight is 330 g/mol. The van der Waals surface area contributed by atoms with Crippen molar-refractivity contribution in [3.05, 3.63) is 52.5 Å². The summed E-state index contributed by atoms with van der Waals surface area (Å²) in [5.41, 5.74) is 0.982. The Kier molecular flexibility index (Phi) is 4.71. The van der Waals surface area contributed by atoms with Crippen LogP contribution in [0.5, 0.6) is 0 Å². The molecule has 3 rings (SSSR count). The molecule has 0 aliphatic carbocycles. The van der Waals surface area contributed by atoms with Gasteiger partial charge in [0.15, 0.2) is 0 Å². The number of nitrogens with zero attached hydrogens (tertiary/aromatic N) is 2. The number of hydrogen-bond donors (Lipinski definition) is 1. The molecule has 1 aliphatic heterocycles. The third-order valence-corrected chi connectivity index (χ3v) is 5.09. The smallest absolute Gasteiger partial charge is 0.308 e. The molecule has 2 atom stereocenters. The predicted octanol–water partition coefficient (Wildman–Crippen LogP) is 2.40. The first-order valence-corrected chi connectivity index (χ1v) is 8.47. The summed E-state index contributed by atoms with van der Waals surface area (Å²) in [5.74, 6) is -1.52. The number of amides is 1. The van der Waals surface area contributed by atoms with Gasteiger partial charge in [-0.25, -0.2) is 4.98 Å². The molecule has 120 valence electrons. The molecule has 1 N–H and O–H groups in total. The number of thiazole rings is 1. The first kappa shape index (κ1) is 15.7. The lowest BCUT2D eigenvalue weighted by molar-refractivity contribution is -0.141. The fourth-order valence-corrected chi connectivity index (χ4v) is 3.66. The summed E-state index contributed by atoms with van der Waals surface area (Å²) >= 11 is 1.53. The zero-order valence-electron chi connectivity index (χ0n) is 12.6. The van der Waals surface area contributed by atoms with E-state index in [1.165, 1.54) is 11.3 Å². The number of hydrogen-bond acceptors (Lipinski definition) is 4. The molecule has 2 aromatic rings. The average Bonchev–Trinajstić information content (AvgIpc) is 3.23. The van der Waals surface area contributed by atoms with E-state index < -0.39 is 11.9 Å². The zero-order chi connectivity index (χ0) is 16.2. The van der Waals surface area contributed by atoms with Crippen molar-refractivity contribution in [3.63, 3.8) is 0 Å². The summed E-state index contributed by atoms with van der Waals surface area (Å²) in [4.78, 5) is 29.8. The molecule has 1 aromatic carbocycles. The van der Waals surface area contributed by atoms with Gasteiger partial charge < -0.3 is 10.0 Å². The van der Waals surface area contributed by atoms with Crippen LogP contribution in [0.4, 0.5) is 0 Å². The molecule has 1 fully saturated rings. The third kappa shape index (κ3) is 3.59. The number of carbonyl (C=O) groups excluding carboxylic acids is 1. The van der Waals surface area contributed by atoms with E-state index in [0.29, 0.717) is 19.4 Å². The Balaban J connectivity index is 1.67. The number of carboxylic acids is 1. The molecule has 6 heteroatoms. The van der Waals surface area contributed by atoms with Crippen LogP contribution >= 0.6 is 11.3 Å². The number of likely N-dealkylation sites (tertiary alicyclic amines) is 1. The van der Waals surface area contributed by atoms with Crippen LogP contribution in [-0.4, -0.2) is 40.0 Å². The van der Waals surface area contributed by atoms with Gasteiger partial charge in [0.25, 0.3) is 0 Å². The van der Waals surface area contributed by atoms with Crippen molar-refractivity contribution in [1.82, 2.24) is 9.88 Å². The van der Waals surface area contributed by atoms with Crippen LogP contribution in [-0.2, 0) is 16.0 Å². The summed E-state index contributed by atoms with van der Waals surface area (Å²) in [6.07, 6.45) is 2.72. The lowest BCUT2D eigenvalue weighted by Gasteiger charge is -2.16. The summed E-state index contributed by atoms with van der Waals surface area (Å²) in [5, 5.41) is 12.3. The minimum Gasteiger partial charge on any atom is -0.481 e. The van der Waals surface area contributed by atoms with Crippen LogP contribution in [0.2, 0.25) is 0 Å². The van der Waals surface area contributed by atoms with Gasteiger partial charge in [-0.1, -0.05) is 30.3 Å². The van der Waals surface area contributed by atoms with E-state index >= 15 is 0 Å². The van der Waals surface area contributed by atoms with Crippen molar-refractivity contribution in [2.24, 2.45) is 5.92 Å². The van der Waals surface area contributed by atoms with Gasteiger partial charge in [0.2, 0.25) is 5.91 Å². The van der Waals surface area contributed by atoms with E-state index in [1.54, 1.807) is 11.1 Å². The van der Waals surface area contributed by atoms with Gasteiger partial charge in [0.1, 0.15) is 0 Å². The van der Waals surface area contributed by atoms with Crippen LogP contribution in [0.3, 0.4) is 0 Å². The standard InChI is InChI=1S/C17H18N2O3S/c20-16(7-6-15-18-8-9-23-15)19-10-13(14(11-19)17(21)22)12-4-2-1-3-5-12/h1-5,8-9,13-14H,6-7,10-11H2,(H,21,22). The highest BCUT2D eigenvalue weighted by molar-refractivity contribution is 7.09. The van der Waals surface area contributed by atoms with E-state index in [9.17, 15) is 14.7 Å². The summed E-state index contributed by atoms with van der Waals surface area (Å²) in [7, 11) is 0. The monoisotopic (exact) mass is 330 g/mol. The maximum Gasteiger partial charge on any atom is 0.308 e. The summed E-state index contributed by atoms with van der Waals surface area (Å²) in [6, 6.07) is 9.59. The number of aryl methyl sites for hydroxylation is 1. The largest absolute Gasteiger partial charge is 0.481 e. The Hall–Kier alpha value is -2.21. The molecule has 23 heavy (non-hydrogen) atoms. The molecule has 2 unspecified atom stereocenters. The van der Waals surface area contributed by atoms with Crippen LogP contribution in [0, 0.1) is 5.92 Å². The quantitative estimate of drug-likeness (QED) is 0.914. The number of aromatic nitrogens is 1. The van der Waals surface area contributed by atoms with Crippen molar-refractivity contribution >= 4 is 23.2 Å². The van der Waals surface area contributed by atoms with Crippen molar-refractivity contribution in [1.29, 1.82) is 0 Å². The molecule has 1 aromatic heterocycles. The third-order valence-electron chi connectivity index (χ3n) is 4.25. The molecule has 1 amide bonds. The van der Waals surface area contributed by atoms with E-state index in [0.717, 1.165) is 10.6 Å². The van der Waals surface area contributed by atoms with Crippen molar-refractivity contribution in [3.8, 4) is 0 Å². The predicted molar refractivity (Wildman–Crippen MR) is 87.3 cm³/mol. The molecular formula is C17H18N2O3S. The highest BCUT2D eigenvalue weighted by Crippen LogP contribution is 2.33. The minimum atomic E-state index is -0.839. The van der Waals surface area contributed by atoms with Crippen molar-refractivity contribution in [2.75, 3.05) is 13.1 Å². The second-order valence-corrected chi connectivity index (χ2v) is 6.67. The normalized spacial score (nSPS) is 20.6. The minimum absolute atomic E-state index is 0.00452. The first-order chi connectivity index (χ1) is 11.1. The number of aliphatic carboxylic acids is 1. The number of rotatable bonds is 5. The van der Waals surface area contributed by atoms with Gasteiger partial charge in [-0.3, -0.25) is 9.59 Å². The van der Waals surface area contributed by atoms with Crippen molar-refractivity contribution < 1.29 is 14.7 Å². The van der Waals surface area contributed by atoms with Crippen LogP contribution in [0.15, 0.2) is 41.9 Å². The second-order valence-electron chi connectivity index (χ2n) is 5.69. The van der Waals surface area contributed by atoms with Crippen LogP contribution in [0.1, 0.15) is 22.9 Å². The Morgan fingerprint density at radius 2 is 2.04 bits per heavy atom. The first-order valence-electron chi connectivity index (χ1n) is 7.59. The SMILES string of the molecule is O=C(O)C1CN(C(=O)CCc2nccs2)CC1c1ccccc1. The zero-order valence-corrected chi connectivity index (χ0v) is 13.4. The maximum atomic E-state index is 12.4.